The molecule has 302 valence electrons. The number of esters is 1. The van der Waals surface area contributed by atoms with Gasteiger partial charge in [-0.1, -0.05) is 29.7 Å². The number of carbonyl (C=O) groups excluding carboxylic acids is 2. The van der Waals surface area contributed by atoms with Crippen LogP contribution in [-0.4, -0.2) is 83.9 Å². The van der Waals surface area contributed by atoms with Gasteiger partial charge >= 0.3 is 5.97 Å². The van der Waals surface area contributed by atoms with Crippen molar-refractivity contribution in [1.82, 2.24) is 24.8 Å². The number of carbonyl (C=O) groups is 2. The van der Waals surface area contributed by atoms with E-state index in [4.69, 9.17) is 35.3 Å². The van der Waals surface area contributed by atoms with Crippen LogP contribution in [0.2, 0.25) is 5.02 Å². The van der Waals surface area contributed by atoms with Crippen LogP contribution in [0.25, 0.3) is 0 Å². The molecule has 1 spiro atoms. The normalized spacial score (nSPS) is 24.8. The summed E-state index contributed by atoms with van der Waals surface area (Å²) in [6, 6.07) is 6.24. The van der Waals surface area contributed by atoms with Gasteiger partial charge in [-0.05, 0) is 87.5 Å². The molecule has 0 bridgehead atoms. The molecule has 2 aliphatic carbocycles. The maximum Gasteiger partial charge on any atom is 0.312 e. The zero-order valence-corrected chi connectivity index (χ0v) is 33.7. The summed E-state index contributed by atoms with van der Waals surface area (Å²) in [5.41, 5.74) is 3.01. The smallest absolute Gasteiger partial charge is 0.312 e. The molecule has 3 fully saturated rings. The first-order chi connectivity index (χ1) is 27.1. The number of rotatable bonds is 13. The molecular formula is C42H53ClFN5O7. The van der Waals surface area contributed by atoms with E-state index in [0.29, 0.717) is 66.7 Å². The summed E-state index contributed by atoms with van der Waals surface area (Å²) in [4.78, 5) is 32.1. The van der Waals surface area contributed by atoms with Gasteiger partial charge in [0.05, 0.1) is 31.4 Å². The lowest BCUT2D eigenvalue weighted by Crippen LogP contribution is -2.56. The highest BCUT2D eigenvalue weighted by Gasteiger charge is 2.54. The van der Waals surface area contributed by atoms with Crippen molar-refractivity contribution in [2.45, 2.75) is 110 Å². The Hall–Kier alpha value is -3.94. The van der Waals surface area contributed by atoms with E-state index in [1.165, 1.54) is 6.07 Å². The van der Waals surface area contributed by atoms with Crippen molar-refractivity contribution < 1.29 is 37.7 Å². The summed E-state index contributed by atoms with van der Waals surface area (Å²) in [5.74, 6) is 0.286. The number of hydrogen-bond acceptors (Lipinski definition) is 10. The van der Waals surface area contributed by atoms with Crippen LogP contribution in [-0.2, 0) is 51.7 Å². The molecular weight excluding hydrogens is 741 g/mol. The number of methoxy groups -OCH3 is 3. The van der Waals surface area contributed by atoms with Crippen LogP contribution < -0.4 is 14.2 Å². The summed E-state index contributed by atoms with van der Waals surface area (Å²) < 4.78 is 48.2. The van der Waals surface area contributed by atoms with E-state index >= 15 is 4.39 Å². The molecule has 1 amide bonds. The maximum absolute atomic E-state index is 16.4. The minimum absolute atomic E-state index is 0.0322. The van der Waals surface area contributed by atoms with Crippen LogP contribution in [0.5, 0.6) is 17.2 Å². The first-order valence-electron chi connectivity index (χ1n) is 20.1. The molecule has 3 aromatic rings. The van der Waals surface area contributed by atoms with Gasteiger partial charge < -0.3 is 28.6 Å². The Morgan fingerprint density at radius 1 is 1.04 bits per heavy atom. The van der Waals surface area contributed by atoms with Gasteiger partial charge in [0, 0.05) is 67.8 Å². The molecule has 2 aromatic carbocycles. The van der Waals surface area contributed by atoms with E-state index in [-0.39, 0.29) is 42.2 Å². The van der Waals surface area contributed by atoms with E-state index < -0.39 is 23.5 Å². The first-order valence-corrected chi connectivity index (χ1v) is 20.4. The van der Waals surface area contributed by atoms with Gasteiger partial charge in [0.2, 0.25) is 5.91 Å². The number of aromatic nitrogens is 3. The Balaban J connectivity index is 1.12. The van der Waals surface area contributed by atoms with Crippen LogP contribution in [0.15, 0.2) is 24.3 Å². The second-order valence-electron chi connectivity index (χ2n) is 16.6. The molecule has 5 aliphatic rings. The molecule has 0 N–H and O–H groups in total. The van der Waals surface area contributed by atoms with Gasteiger partial charge in [0.25, 0.3) is 0 Å². The third kappa shape index (κ3) is 7.23. The van der Waals surface area contributed by atoms with E-state index in [1.807, 2.05) is 28.6 Å². The molecule has 4 atom stereocenters. The summed E-state index contributed by atoms with van der Waals surface area (Å²) in [6.07, 6.45) is 8.58. The lowest BCUT2D eigenvalue weighted by molar-refractivity contribution is -0.180. The summed E-state index contributed by atoms with van der Waals surface area (Å²) in [5, 5.41) is 9.07. The molecule has 14 heteroatoms. The van der Waals surface area contributed by atoms with Crippen LogP contribution >= 0.6 is 11.6 Å². The monoisotopic (exact) mass is 793 g/mol. The number of halogens is 2. The third-order valence-corrected chi connectivity index (χ3v) is 13.6. The number of amides is 1. The molecule has 4 heterocycles. The third-order valence-electron chi connectivity index (χ3n) is 13.3. The van der Waals surface area contributed by atoms with Crippen molar-refractivity contribution in [3.63, 3.8) is 0 Å². The Morgan fingerprint density at radius 2 is 1.88 bits per heavy atom. The van der Waals surface area contributed by atoms with Crippen LogP contribution in [0.1, 0.15) is 98.8 Å². The van der Waals surface area contributed by atoms with Gasteiger partial charge in [-0.2, -0.15) is 0 Å². The number of ether oxygens (including phenoxy) is 5. The Bertz CT molecular complexity index is 1970. The average molecular weight is 794 g/mol. The van der Waals surface area contributed by atoms with E-state index in [2.05, 4.69) is 15.2 Å². The quantitative estimate of drug-likeness (QED) is 0.171. The number of fused-ring (bicyclic) bond motifs is 2. The molecule has 1 saturated heterocycles. The topological polar surface area (TPSA) is 117 Å². The molecule has 0 radical (unpaired) electrons. The molecule has 1 unspecified atom stereocenters. The second kappa shape index (κ2) is 15.8. The summed E-state index contributed by atoms with van der Waals surface area (Å²) in [6.45, 7) is 4.38. The molecule has 8 rings (SSSR count). The first kappa shape index (κ1) is 38.9. The van der Waals surface area contributed by atoms with Gasteiger partial charge in [0.1, 0.15) is 36.6 Å². The maximum atomic E-state index is 16.4. The van der Waals surface area contributed by atoms with Crippen LogP contribution in [0.3, 0.4) is 0 Å². The molecule has 2 saturated carbocycles. The Kier molecular flexibility index (Phi) is 11.0. The lowest BCUT2D eigenvalue weighted by Gasteiger charge is -2.50. The number of hydrogen-bond donors (Lipinski definition) is 0. The van der Waals surface area contributed by atoms with Gasteiger partial charge in [-0.3, -0.25) is 14.5 Å². The van der Waals surface area contributed by atoms with Gasteiger partial charge in [-0.25, -0.2) is 9.07 Å². The summed E-state index contributed by atoms with van der Waals surface area (Å²) in [7, 11) is 4.84. The van der Waals surface area contributed by atoms with Gasteiger partial charge in [0.15, 0.2) is 11.6 Å². The zero-order valence-electron chi connectivity index (χ0n) is 32.9. The van der Waals surface area contributed by atoms with Crippen molar-refractivity contribution in [2.24, 2.45) is 16.7 Å². The van der Waals surface area contributed by atoms with Crippen LogP contribution in [0, 0.1) is 22.6 Å². The van der Waals surface area contributed by atoms with E-state index in [9.17, 15) is 9.59 Å². The highest BCUT2D eigenvalue weighted by atomic mass is 35.5. The minimum atomic E-state index is -0.892. The van der Waals surface area contributed by atoms with Crippen molar-refractivity contribution in [1.29, 1.82) is 0 Å². The number of likely N-dealkylation sites (tertiary alicyclic amines) is 1. The largest absolute Gasteiger partial charge is 0.497 e. The standard InChI is InChI=1S/C42H53ClFN5O7/c1-41(40(51)56-23-26-11-12-27(52-2)19-35(26)53-3)14-7-5-9-29(41)39(54-4)48-18-13-28-30(43)20-31(44)38(55-24-32-33-10-6-8-17-49(33)46-45-32)37(28)34(48)22-47-25-42(15-16-42)21-36(47)50/h11-12,19-20,29,34,39H,5-10,13-18,21-25H2,1-4H3/t29-,34+,39?,41-/m0/s1. The zero-order chi connectivity index (χ0) is 39.2. The van der Waals surface area contributed by atoms with Crippen molar-refractivity contribution in [3.05, 3.63) is 63.2 Å². The fourth-order valence-corrected chi connectivity index (χ4v) is 10.1. The molecule has 1 aromatic heterocycles. The second-order valence-corrected chi connectivity index (χ2v) is 17.0. The fraction of sp³-hybridized carbons (Fsp3) is 0.619. The SMILES string of the molecule is COc1ccc(COC(=O)[C@@]2(C)CCCC[C@H]2C(OC)N2CCc3c(Cl)cc(F)c(OCc4nnn5c4CCCC5)c3[C@H]2CN2CC3(CC3)CC2=O)c(OC)c1. The predicted molar refractivity (Wildman–Crippen MR) is 205 cm³/mol. The van der Waals surface area contributed by atoms with Crippen molar-refractivity contribution in [2.75, 3.05) is 41.0 Å². The lowest BCUT2D eigenvalue weighted by atomic mass is 9.66. The number of aryl methyl sites for hydroxylation is 1. The Labute approximate surface area is 332 Å². The fourth-order valence-electron chi connectivity index (χ4n) is 9.85. The molecule has 3 aliphatic heterocycles. The average Bonchev–Trinajstić information content (AvgIpc) is 3.71. The number of nitrogens with zero attached hydrogens (tertiary/aromatic N) is 5. The molecule has 56 heavy (non-hydrogen) atoms. The number of benzene rings is 2. The molecule has 12 nitrogen and oxygen atoms in total. The minimum Gasteiger partial charge on any atom is -0.497 e. The Morgan fingerprint density at radius 3 is 2.62 bits per heavy atom. The van der Waals surface area contributed by atoms with Gasteiger partial charge in [-0.15, -0.1) is 5.10 Å². The van der Waals surface area contributed by atoms with Crippen molar-refractivity contribution >= 4 is 23.5 Å². The van der Waals surface area contributed by atoms with Crippen molar-refractivity contribution in [3.8, 4) is 17.2 Å². The predicted octanol–water partition coefficient (Wildman–Crippen LogP) is 6.83. The van der Waals surface area contributed by atoms with E-state index in [0.717, 1.165) is 74.7 Å². The highest BCUT2D eigenvalue weighted by molar-refractivity contribution is 6.31. The van der Waals surface area contributed by atoms with Crippen LogP contribution in [0.4, 0.5) is 4.39 Å². The summed E-state index contributed by atoms with van der Waals surface area (Å²) >= 11 is 6.87. The highest BCUT2D eigenvalue weighted by Crippen LogP contribution is 2.55. The van der Waals surface area contributed by atoms with E-state index in [1.54, 1.807) is 27.4 Å².